The maximum Gasteiger partial charge on any atom is 0.326 e. The van der Waals surface area contributed by atoms with Crippen LogP contribution in [0.4, 0.5) is 5.69 Å². The molecule has 8 heteroatoms. The fourth-order valence-electron chi connectivity index (χ4n) is 1.82. The maximum atomic E-state index is 12.2. The molecule has 0 aliphatic carbocycles. The van der Waals surface area contributed by atoms with Crippen molar-refractivity contribution in [3.05, 3.63) is 39.4 Å². The molecule has 0 bridgehead atoms. The van der Waals surface area contributed by atoms with E-state index in [0.717, 1.165) is 0 Å². The molecule has 0 aromatic heterocycles. The Labute approximate surface area is 125 Å². The average Bonchev–Trinajstić information content (AvgIpc) is 2.42. The van der Waals surface area contributed by atoms with Crippen LogP contribution in [0.25, 0.3) is 0 Å². The predicted molar refractivity (Wildman–Crippen MR) is 79.7 cm³/mol. The number of benzene rings is 1. The van der Waals surface area contributed by atoms with Gasteiger partial charge in [-0.25, -0.2) is 4.79 Å². The molecule has 114 valence electrons. The molecule has 0 spiro atoms. The molecular weight excluding hydrogens is 296 g/mol. The van der Waals surface area contributed by atoms with E-state index in [1.165, 1.54) is 23.9 Å². The lowest BCUT2D eigenvalue weighted by Crippen LogP contribution is -2.41. The quantitative estimate of drug-likeness (QED) is 0.587. The van der Waals surface area contributed by atoms with Crippen molar-refractivity contribution < 1.29 is 19.6 Å². The van der Waals surface area contributed by atoms with Gasteiger partial charge in [-0.15, -0.1) is 0 Å². The van der Waals surface area contributed by atoms with Gasteiger partial charge in [0.15, 0.2) is 0 Å². The number of carbonyl (C=O) groups is 2. The zero-order chi connectivity index (χ0) is 16.0. The Hall–Kier alpha value is -2.09. The summed E-state index contributed by atoms with van der Waals surface area (Å²) in [5.74, 6) is -1.34. The molecule has 1 aromatic carbocycles. The van der Waals surface area contributed by atoms with E-state index in [1.807, 2.05) is 6.26 Å². The van der Waals surface area contributed by atoms with Gasteiger partial charge in [-0.2, -0.15) is 11.8 Å². The Balaban J connectivity index is 3.02. The van der Waals surface area contributed by atoms with Crippen LogP contribution in [0.1, 0.15) is 22.3 Å². The number of nitro groups is 1. The van der Waals surface area contributed by atoms with Crippen molar-refractivity contribution in [2.75, 3.05) is 12.0 Å². The number of nitrogens with one attached hydrogen (secondary N) is 1. The fourth-order valence-corrected chi connectivity index (χ4v) is 2.29. The highest BCUT2D eigenvalue weighted by Gasteiger charge is 2.26. The summed E-state index contributed by atoms with van der Waals surface area (Å²) in [6, 6.07) is 3.20. The summed E-state index contributed by atoms with van der Waals surface area (Å²) in [4.78, 5) is 33.6. The van der Waals surface area contributed by atoms with E-state index in [9.17, 15) is 19.7 Å². The number of nitro benzene ring substituents is 1. The number of rotatable bonds is 7. The Bertz CT molecular complexity index is 561. The molecule has 7 nitrogen and oxygen atoms in total. The number of aliphatic carboxylic acids is 1. The molecule has 0 heterocycles. The van der Waals surface area contributed by atoms with E-state index >= 15 is 0 Å². The van der Waals surface area contributed by atoms with Crippen LogP contribution >= 0.6 is 11.8 Å². The van der Waals surface area contributed by atoms with Crippen LogP contribution in [0.2, 0.25) is 0 Å². The summed E-state index contributed by atoms with van der Waals surface area (Å²) < 4.78 is 0. The topological polar surface area (TPSA) is 110 Å². The summed E-state index contributed by atoms with van der Waals surface area (Å²) in [7, 11) is 0. The van der Waals surface area contributed by atoms with E-state index in [1.54, 1.807) is 13.0 Å². The zero-order valence-electron chi connectivity index (χ0n) is 11.7. The van der Waals surface area contributed by atoms with Crippen LogP contribution in [0.15, 0.2) is 18.2 Å². The first-order valence-corrected chi connectivity index (χ1v) is 7.54. The molecule has 1 atom stereocenters. The molecule has 1 unspecified atom stereocenters. The van der Waals surface area contributed by atoms with Gasteiger partial charge in [-0.1, -0.05) is 12.1 Å². The minimum atomic E-state index is -1.16. The largest absolute Gasteiger partial charge is 0.480 e. The van der Waals surface area contributed by atoms with Crippen LogP contribution < -0.4 is 5.32 Å². The van der Waals surface area contributed by atoms with Crippen molar-refractivity contribution in [1.82, 2.24) is 5.32 Å². The Kier molecular flexibility index (Phi) is 6.16. The number of nitrogens with zero attached hydrogens (tertiary/aromatic N) is 1. The molecule has 1 amide bonds. The van der Waals surface area contributed by atoms with Gasteiger partial charge in [0.2, 0.25) is 0 Å². The maximum absolute atomic E-state index is 12.2. The van der Waals surface area contributed by atoms with Gasteiger partial charge in [0.25, 0.3) is 11.6 Å². The van der Waals surface area contributed by atoms with E-state index in [0.29, 0.717) is 11.3 Å². The highest BCUT2D eigenvalue weighted by atomic mass is 32.2. The fraction of sp³-hybridized carbons (Fsp3) is 0.385. The van der Waals surface area contributed by atoms with E-state index in [2.05, 4.69) is 5.32 Å². The molecule has 21 heavy (non-hydrogen) atoms. The first-order valence-electron chi connectivity index (χ1n) is 6.15. The molecule has 1 aromatic rings. The first kappa shape index (κ1) is 17.0. The van der Waals surface area contributed by atoms with Gasteiger partial charge in [0.1, 0.15) is 11.6 Å². The van der Waals surface area contributed by atoms with Gasteiger partial charge in [0, 0.05) is 6.07 Å². The van der Waals surface area contributed by atoms with E-state index in [4.69, 9.17) is 5.11 Å². The number of hydrogen-bond acceptors (Lipinski definition) is 5. The van der Waals surface area contributed by atoms with Crippen molar-refractivity contribution in [1.29, 1.82) is 0 Å². The predicted octanol–water partition coefficient (Wildman–Crippen LogP) is 1.84. The third kappa shape index (κ3) is 4.45. The molecule has 1 rings (SSSR count). The molecular formula is C13H16N2O5S. The van der Waals surface area contributed by atoms with E-state index < -0.39 is 22.8 Å². The Morgan fingerprint density at radius 1 is 1.48 bits per heavy atom. The van der Waals surface area contributed by atoms with Crippen LogP contribution in [-0.2, 0) is 4.79 Å². The minimum absolute atomic E-state index is 0.0992. The van der Waals surface area contributed by atoms with Gasteiger partial charge in [0.05, 0.1) is 4.92 Å². The number of carboxylic acid groups (broad SMARTS) is 1. The summed E-state index contributed by atoms with van der Waals surface area (Å²) >= 11 is 1.46. The van der Waals surface area contributed by atoms with Crippen LogP contribution in [0, 0.1) is 17.0 Å². The normalized spacial score (nSPS) is 11.7. The lowest BCUT2D eigenvalue weighted by molar-refractivity contribution is -0.385. The van der Waals surface area contributed by atoms with Gasteiger partial charge >= 0.3 is 5.97 Å². The number of carboxylic acids is 1. The van der Waals surface area contributed by atoms with E-state index in [-0.39, 0.29) is 17.7 Å². The number of aryl methyl sites for hydroxylation is 1. The number of hydrogen-bond donors (Lipinski definition) is 2. The average molecular weight is 312 g/mol. The Morgan fingerprint density at radius 2 is 2.14 bits per heavy atom. The number of carbonyl (C=O) groups excluding carboxylic acids is 1. The molecule has 0 saturated carbocycles. The van der Waals surface area contributed by atoms with Crippen molar-refractivity contribution in [2.24, 2.45) is 0 Å². The molecule has 2 N–H and O–H groups in total. The first-order chi connectivity index (χ1) is 9.88. The van der Waals surface area contributed by atoms with Crippen molar-refractivity contribution in [3.63, 3.8) is 0 Å². The van der Waals surface area contributed by atoms with Crippen LogP contribution in [0.3, 0.4) is 0 Å². The van der Waals surface area contributed by atoms with Crippen LogP contribution in [0.5, 0.6) is 0 Å². The SMILES string of the molecule is CSCCC(NC(=O)c1c(C)cccc1[N+](=O)[O-])C(=O)O. The summed E-state index contributed by atoms with van der Waals surface area (Å²) in [6.45, 7) is 1.57. The van der Waals surface area contributed by atoms with Crippen molar-refractivity contribution in [3.8, 4) is 0 Å². The smallest absolute Gasteiger partial charge is 0.326 e. The molecule has 0 aliphatic rings. The molecule has 0 radical (unpaired) electrons. The summed E-state index contributed by atoms with van der Waals surface area (Å²) in [5, 5.41) is 22.4. The lowest BCUT2D eigenvalue weighted by atomic mass is 10.1. The molecule has 0 fully saturated rings. The summed E-state index contributed by atoms with van der Waals surface area (Å²) in [5.41, 5.74) is -0.00453. The second-order valence-electron chi connectivity index (χ2n) is 4.37. The highest BCUT2D eigenvalue weighted by molar-refractivity contribution is 7.98. The van der Waals surface area contributed by atoms with Crippen molar-refractivity contribution >= 4 is 29.3 Å². The second kappa shape index (κ2) is 7.63. The number of amides is 1. The van der Waals surface area contributed by atoms with Gasteiger partial charge < -0.3 is 10.4 Å². The lowest BCUT2D eigenvalue weighted by Gasteiger charge is -2.15. The zero-order valence-corrected chi connectivity index (χ0v) is 12.5. The minimum Gasteiger partial charge on any atom is -0.480 e. The number of thioether (sulfide) groups is 1. The third-order valence-corrected chi connectivity index (χ3v) is 3.53. The monoisotopic (exact) mass is 312 g/mol. The standard InChI is InChI=1S/C13H16N2O5S/c1-8-4-3-5-10(15(19)20)11(8)12(16)14-9(13(17)18)6-7-21-2/h3-5,9H,6-7H2,1-2H3,(H,14,16)(H,17,18). The van der Waals surface area contributed by atoms with Crippen molar-refractivity contribution in [2.45, 2.75) is 19.4 Å². The summed E-state index contributed by atoms with van der Waals surface area (Å²) in [6.07, 6.45) is 2.08. The highest BCUT2D eigenvalue weighted by Crippen LogP contribution is 2.22. The molecule has 0 aliphatic heterocycles. The Morgan fingerprint density at radius 3 is 2.67 bits per heavy atom. The van der Waals surface area contributed by atoms with Gasteiger partial charge in [-0.05, 0) is 30.9 Å². The van der Waals surface area contributed by atoms with Crippen LogP contribution in [-0.4, -0.2) is 40.0 Å². The third-order valence-electron chi connectivity index (χ3n) is 2.89. The van der Waals surface area contributed by atoms with Gasteiger partial charge in [-0.3, -0.25) is 14.9 Å². The molecule has 0 saturated heterocycles. The second-order valence-corrected chi connectivity index (χ2v) is 5.36.